The molecule has 25 heavy (non-hydrogen) atoms. The minimum Gasteiger partial charge on any atom is -0.493 e. The fourth-order valence-electron chi connectivity index (χ4n) is 2.43. The van der Waals surface area contributed by atoms with Crippen molar-refractivity contribution in [3.8, 4) is 5.75 Å². The molecule has 0 atom stereocenters. The van der Waals surface area contributed by atoms with Crippen LogP contribution in [-0.2, 0) is 6.54 Å². The highest BCUT2D eigenvalue weighted by Crippen LogP contribution is 2.22. The summed E-state index contributed by atoms with van der Waals surface area (Å²) < 4.78 is 5.79. The van der Waals surface area contributed by atoms with Crippen molar-refractivity contribution in [3.63, 3.8) is 0 Å². The van der Waals surface area contributed by atoms with Gasteiger partial charge in [0.15, 0.2) is 0 Å². The lowest BCUT2D eigenvalue weighted by Gasteiger charge is -2.12. The van der Waals surface area contributed by atoms with Crippen molar-refractivity contribution in [2.45, 2.75) is 39.2 Å². The topological polar surface area (TPSA) is 38.3 Å². The lowest BCUT2D eigenvalue weighted by Crippen LogP contribution is -2.23. The van der Waals surface area contributed by atoms with E-state index in [4.69, 9.17) is 27.9 Å². The van der Waals surface area contributed by atoms with Crippen LogP contribution in [-0.4, -0.2) is 12.5 Å². The van der Waals surface area contributed by atoms with Gasteiger partial charge in [-0.1, -0.05) is 67.6 Å². The molecule has 0 aromatic heterocycles. The second kappa shape index (κ2) is 10.3. The number of ether oxygens (including phenoxy) is 1. The summed E-state index contributed by atoms with van der Waals surface area (Å²) in [5.41, 5.74) is 1.35. The third kappa shape index (κ3) is 6.26. The Bertz CT molecular complexity index is 704. The third-order valence-electron chi connectivity index (χ3n) is 3.84. The summed E-state index contributed by atoms with van der Waals surface area (Å²) in [6.45, 7) is 3.13. The molecule has 3 nitrogen and oxygen atoms in total. The van der Waals surface area contributed by atoms with Gasteiger partial charge >= 0.3 is 0 Å². The molecule has 0 aliphatic rings. The molecule has 0 aliphatic heterocycles. The van der Waals surface area contributed by atoms with Crippen molar-refractivity contribution in [3.05, 3.63) is 63.6 Å². The highest BCUT2D eigenvalue weighted by atomic mass is 35.5. The van der Waals surface area contributed by atoms with Gasteiger partial charge < -0.3 is 10.1 Å². The van der Waals surface area contributed by atoms with Crippen LogP contribution in [0, 0.1) is 0 Å². The molecule has 2 rings (SSSR count). The van der Waals surface area contributed by atoms with Gasteiger partial charge in [-0.25, -0.2) is 0 Å². The molecule has 0 radical (unpaired) electrons. The van der Waals surface area contributed by atoms with E-state index in [2.05, 4.69) is 12.2 Å². The summed E-state index contributed by atoms with van der Waals surface area (Å²) in [5, 5.41) is 3.99. The SMILES string of the molecule is CCCCCCOc1ccccc1C(=O)NCc1ccc(Cl)cc1Cl. The normalized spacial score (nSPS) is 10.5. The Balaban J connectivity index is 1.94. The summed E-state index contributed by atoms with van der Waals surface area (Å²) in [5.74, 6) is 0.425. The molecule has 0 saturated heterocycles. The average molecular weight is 380 g/mol. The highest BCUT2D eigenvalue weighted by molar-refractivity contribution is 6.35. The lowest BCUT2D eigenvalue weighted by molar-refractivity contribution is 0.0946. The van der Waals surface area contributed by atoms with E-state index in [-0.39, 0.29) is 5.91 Å². The van der Waals surface area contributed by atoms with Gasteiger partial charge in [0.25, 0.3) is 5.91 Å². The zero-order chi connectivity index (χ0) is 18.1. The number of carbonyl (C=O) groups is 1. The number of para-hydroxylation sites is 1. The predicted octanol–water partition coefficient (Wildman–Crippen LogP) is 5.88. The molecule has 0 heterocycles. The van der Waals surface area contributed by atoms with E-state index in [9.17, 15) is 4.79 Å². The van der Waals surface area contributed by atoms with Crippen molar-refractivity contribution in [1.82, 2.24) is 5.32 Å². The van der Waals surface area contributed by atoms with Crippen LogP contribution >= 0.6 is 23.2 Å². The first-order valence-electron chi connectivity index (χ1n) is 8.55. The maximum atomic E-state index is 12.5. The quantitative estimate of drug-likeness (QED) is 0.552. The monoisotopic (exact) mass is 379 g/mol. The minimum atomic E-state index is -0.185. The van der Waals surface area contributed by atoms with Crippen molar-refractivity contribution >= 4 is 29.1 Å². The maximum Gasteiger partial charge on any atom is 0.255 e. The van der Waals surface area contributed by atoms with Gasteiger partial charge in [-0.15, -0.1) is 0 Å². The predicted molar refractivity (Wildman–Crippen MR) is 104 cm³/mol. The first kappa shape index (κ1) is 19.6. The molecule has 2 aromatic carbocycles. The molecular weight excluding hydrogens is 357 g/mol. The zero-order valence-corrected chi connectivity index (χ0v) is 15.9. The zero-order valence-electron chi connectivity index (χ0n) is 14.4. The summed E-state index contributed by atoms with van der Waals surface area (Å²) >= 11 is 12.0. The molecule has 1 N–H and O–H groups in total. The van der Waals surface area contributed by atoms with Crippen molar-refractivity contribution < 1.29 is 9.53 Å². The number of amides is 1. The first-order chi connectivity index (χ1) is 12.1. The second-order valence-electron chi connectivity index (χ2n) is 5.82. The number of hydrogen-bond acceptors (Lipinski definition) is 2. The Kier molecular flexibility index (Phi) is 8.10. The Hall–Kier alpha value is -1.71. The number of unbranched alkanes of at least 4 members (excludes halogenated alkanes) is 3. The number of hydrogen-bond donors (Lipinski definition) is 1. The van der Waals surface area contributed by atoms with E-state index in [1.165, 1.54) is 12.8 Å². The van der Waals surface area contributed by atoms with Crippen molar-refractivity contribution in [2.75, 3.05) is 6.61 Å². The van der Waals surface area contributed by atoms with E-state index in [1.54, 1.807) is 24.3 Å². The van der Waals surface area contributed by atoms with E-state index in [0.717, 1.165) is 18.4 Å². The van der Waals surface area contributed by atoms with Crippen LogP contribution in [0.4, 0.5) is 0 Å². The van der Waals surface area contributed by atoms with Crippen LogP contribution in [0.1, 0.15) is 48.5 Å². The standard InChI is InChI=1S/C20H23Cl2NO2/c1-2-3-4-7-12-25-19-9-6-5-8-17(19)20(24)23-14-15-10-11-16(21)13-18(15)22/h5-6,8-11,13H,2-4,7,12,14H2,1H3,(H,23,24). The highest BCUT2D eigenvalue weighted by Gasteiger charge is 2.12. The molecule has 0 bridgehead atoms. The number of nitrogens with one attached hydrogen (secondary N) is 1. The molecular formula is C20H23Cl2NO2. The average Bonchev–Trinajstić information content (AvgIpc) is 2.61. The summed E-state index contributed by atoms with van der Waals surface area (Å²) in [7, 11) is 0. The fraction of sp³-hybridized carbons (Fsp3) is 0.350. The second-order valence-corrected chi connectivity index (χ2v) is 6.67. The number of rotatable bonds is 9. The molecule has 2 aromatic rings. The molecule has 0 spiro atoms. The fourth-order valence-corrected chi connectivity index (χ4v) is 2.90. The smallest absolute Gasteiger partial charge is 0.255 e. The van der Waals surface area contributed by atoms with Crippen molar-refractivity contribution in [1.29, 1.82) is 0 Å². The van der Waals surface area contributed by atoms with Gasteiger partial charge in [0.2, 0.25) is 0 Å². The van der Waals surface area contributed by atoms with Gasteiger partial charge in [-0.2, -0.15) is 0 Å². The van der Waals surface area contributed by atoms with Gasteiger partial charge in [0.05, 0.1) is 12.2 Å². The molecule has 1 amide bonds. The largest absolute Gasteiger partial charge is 0.493 e. The number of carbonyl (C=O) groups excluding carboxylic acids is 1. The third-order valence-corrected chi connectivity index (χ3v) is 4.43. The van der Waals surface area contributed by atoms with Crippen LogP contribution in [0.25, 0.3) is 0 Å². The minimum absolute atomic E-state index is 0.185. The number of halogens is 2. The van der Waals surface area contributed by atoms with E-state index in [0.29, 0.717) is 34.5 Å². The number of benzene rings is 2. The molecule has 0 saturated carbocycles. The van der Waals surface area contributed by atoms with E-state index in [1.807, 2.05) is 18.2 Å². The summed E-state index contributed by atoms with van der Waals surface area (Å²) in [4.78, 5) is 12.5. The van der Waals surface area contributed by atoms with Crippen LogP contribution in [0.3, 0.4) is 0 Å². The Labute approximate surface area is 159 Å². The molecule has 0 aliphatic carbocycles. The van der Waals surface area contributed by atoms with E-state index < -0.39 is 0 Å². The van der Waals surface area contributed by atoms with Crippen LogP contribution in [0.5, 0.6) is 5.75 Å². The molecule has 0 unspecified atom stereocenters. The van der Waals surface area contributed by atoms with Crippen molar-refractivity contribution in [2.24, 2.45) is 0 Å². The van der Waals surface area contributed by atoms with Gasteiger partial charge in [-0.05, 0) is 36.2 Å². The Morgan fingerprint density at radius 3 is 2.64 bits per heavy atom. The summed E-state index contributed by atoms with van der Waals surface area (Å²) in [6, 6.07) is 12.5. The van der Waals surface area contributed by atoms with Crippen LogP contribution in [0.2, 0.25) is 10.0 Å². The van der Waals surface area contributed by atoms with Gasteiger partial charge in [0.1, 0.15) is 5.75 Å². The van der Waals surface area contributed by atoms with Crippen LogP contribution < -0.4 is 10.1 Å². The molecule has 134 valence electrons. The van der Waals surface area contributed by atoms with Crippen LogP contribution in [0.15, 0.2) is 42.5 Å². The Morgan fingerprint density at radius 1 is 1.08 bits per heavy atom. The maximum absolute atomic E-state index is 12.5. The Morgan fingerprint density at radius 2 is 1.88 bits per heavy atom. The van der Waals surface area contributed by atoms with Gasteiger partial charge in [0, 0.05) is 16.6 Å². The van der Waals surface area contributed by atoms with E-state index >= 15 is 0 Å². The first-order valence-corrected chi connectivity index (χ1v) is 9.31. The molecule has 5 heteroatoms. The lowest BCUT2D eigenvalue weighted by atomic mass is 10.1. The van der Waals surface area contributed by atoms with Gasteiger partial charge in [-0.3, -0.25) is 4.79 Å². The molecule has 0 fully saturated rings. The summed E-state index contributed by atoms with van der Waals surface area (Å²) in [6.07, 6.45) is 4.52.